The average Bonchev–Trinajstić information content (AvgIpc) is 3.05. The van der Waals surface area contributed by atoms with Gasteiger partial charge >= 0.3 is 0 Å². The van der Waals surface area contributed by atoms with Gasteiger partial charge in [-0.05, 0) is 31.7 Å². The molecule has 0 bridgehead atoms. The second-order valence-electron chi connectivity index (χ2n) is 4.96. The van der Waals surface area contributed by atoms with Gasteiger partial charge in [-0.15, -0.1) is 0 Å². The molecule has 2 rings (SSSR count). The van der Waals surface area contributed by atoms with E-state index in [9.17, 15) is 4.79 Å². The summed E-state index contributed by atoms with van der Waals surface area (Å²) >= 11 is 0. The Balaban J connectivity index is 1.80. The number of nitrogens with zero attached hydrogens (tertiary/aromatic N) is 2. The molecule has 1 fully saturated rings. The minimum atomic E-state index is -0.221. The van der Waals surface area contributed by atoms with Crippen LogP contribution in [0.1, 0.15) is 26.2 Å². The Kier molecular flexibility index (Phi) is 3.47. The Bertz CT molecular complexity index is 372. The van der Waals surface area contributed by atoms with Crippen molar-refractivity contribution in [2.75, 3.05) is 6.54 Å². The van der Waals surface area contributed by atoms with Crippen LogP contribution < -0.4 is 11.1 Å². The summed E-state index contributed by atoms with van der Waals surface area (Å²) in [4.78, 5) is 11.8. The van der Waals surface area contributed by atoms with E-state index in [2.05, 4.69) is 10.4 Å². The summed E-state index contributed by atoms with van der Waals surface area (Å²) in [7, 11) is 0. The van der Waals surface area contributed by atoms with Crippen LogP contribution in [0.25, 0.3) is 0 Å². The predicted molar refractivity (Wildman–Crippen MR) is 65.2 cm³/mol. The largest absolute Gasteiger partial charge is 0.349 e. The molecule has 1 aromatic heterocycles. The molecule has 0 saturated heterocycles. The van der Waals surface area contributed by atoms with Gasteiger partial charge in [-0.1, -0.05) is 0 Å². The molecule has 0 aromatic carbocycles. The van der Waals surface area contributed by atoms with Crippen LogP contribution in [-0.4, -0.2) is 27.8 Å². The van der Waals surface area contributed by atoms with E-state index in [1.165, 1.54) is 12.8 Å². The van der Waals surface area contributed by atoms with E-state index in [0.717, 1.165) is 0 Å². The van der Waals surface area contributed by atoms with E-state index in [4.69, 9.17) is 5.73 Å². The molecule has 0 aliphatic heterocycles. The smallest absolute Gasteiger partial charge is 0.222 e. The van der Waals surface area contributed by atoms with Gasteiger partial charge in [-0.25, -0.2) is 0 Å². The molecule has 5 heteroatoms. The van der Waals surface area contributed by atoms with Crippen LogP contribution in [-0.2, 0) is 11.3 Å². The van der Waals surface area contributed by atoms with Crippen molar-refractivity contribution < 1.29 is 4.79 Å². The predicted octanol–water partition coefficient (Wildman–Crippen LogP) is 0.517. The Morgan fingerprint density at radius 2 is 2.41 bits per heavy atom. The van der Waals surface area contributed by atoms with Crippen LogP contribution in [0.5, 0.6) is 0 Å². The number of nitrogens with two attached hydrogens (primary N) is 1. The van der Waals surface area contributed by atoms with Crippen molar-refractivity contribution in [2.24, 2.45) is 11.7 Å². The van der Waals surface area contributed by atoms with Crippen LogP contribution in [0, 0.1) is 5.92 Å². The summed E-state index contributed by atoms with van der Waals surface area (Å²) in [6.45, 7) is 3.16. The minimum Gasteiger partial charge on any atom is -0.349 e. The number of carbonyl (C=O) groups excluding carboxylic acids is 1. The fourth-order valence-corrected chi connectivity index (χ4v) is 2.07. The van der Waals surface area contributed by atoms with Crippen molar-refractivity contribution in [2.45, 2.75) is 38.3 Å². The van der Waals surface area contributed by atoms with Crippen LogP contribution in [0.15, 0.2) is 18.5 Å². The Hall–Kier alpha value is -1.36. The lowest BCUT2D eigenvalue weighted by atomic mass is 9.96. The molecule has 1 aliphatic carbocycles. The van der Waals surface area contributed by atoms with Crippen molar-refractivity contribution in [3.05, 3.63) is 18.5 Å². The second kappa shape index (κ2) is 4.87. The van der Waals surface area contributed by atoms with E-state index in [0.29, 0.717) is 25.4 Å². The van der Waals surface area contributed by atoms with Crippen molar-refractivity contribution in [3.8, 4) is 0 Å². The van der Waals surface area contributed by atoms with Crippen molar-refractivity contribution in [1.29, 1.82) is 0 Å². The molecule has 5 nitrogen and oxygen atoms in total. The summed E-state index contributed by atoms with van der Waals surface area (Å²) in [5.74, 6) is 0.613. The maximum atomic E-state index is 11.8. The normalized spacial score (nSPS) is 18.7. The second-order valence-corrected chi connectivity index (χ2v) is 4.96. The summed E-state index contributed by atoms with van der Waals surface area (Å²) in [5.41, 5.74) is 5.53. The molecule has 94 valence electrons. The molecule has 1 saturated carbocycles. The van der Waals surface area contributed by atoms with Gasteiger partial charge in [0.25, 0.3) is 0 Å². The van der Waals surface area contributed by atoms with Crippen LogP contribution >= 0.6 is 0 Å². The molecule has 1 heterocycles. The monoisotopic (exact) mass is 236 g/mol. The van der Waals surface area contributed by atoms with Gasteiger partial charge in [0, 0.05) is 31.9 Å². The van der Waals surface area contributed by atoms with E-state index in [1.54, 1.807) is 10.9 Å². The first kappa shape index (κ1) is 12.1. The first-order valence-electron chi connectivity index (χ1n) is 6.12. The van der Waals surface area contributed by atoms with E-state index >= 15 is 0 Å². The lowest BCUT2D eigenvalue weighted by Gasteiger charge is -2.29. The van der Waals surface area contributed by atoms with Crippen molar-refractivity contribution >= 4 is 5.91 Å². The molecule has 1 atom stereocenters. The Morgan fingerprint density at radius 1 is 1.65 bits per heavy atom. The quantitative estimate of drug-likeness (QED) is 0.756. The number of hydrogen-bond acceptors (Lipinski definition) is 3. The molecular weight excluding hydrogens is 216 g/mol. The third-order valence-corrected chi connectivity index (χ3v) is 3.45. The zero-order valence-electron chi connectivity index (χ0n) is 10.2. The van der Waals surface area contributed by atoms with Gasteiger partial charge in [0.1, 0.15) is 0 Å². The fraction of sp³-hybridized carbons (Fsp3) is 0.667. The molecule has 17 heavy (non-hydrogen) atoms. The zero-order chi connectivity index (χ0) is 12.3. The minimum absolute atomic E-state index is 0.0559. The average molecular weight is 236 g/mol. The Labute approximate surface area is 101 Å². The number of aryl methyl sites for hydroxylation is 1. The van der Waals surface area contributed by atoms with Gasteiger partial charge in [-0.3, -0.25) is 9.48 Å². The maximum absolute atomic E-state index is 11.8. The van der Waals surface area contributed by atoms with Crippen LogP contribution in [0.2, 0.25) is 0 Å². The third-order valence-electron chi connectivity index (χ3n) is 3.45. The highest BCUT2D eigenvalue weighted by atomic mass is 16.1. The summed E-state index contributed by atoms with van der Waals surface area (Å²) in [5, 5.41) is 7.13. The molecule has 1 aromatic rings. The zero-order valence-corrected chi connectivity index (χ0v) is 10.2. The number of nitrogens with one attached hydrogen (secondary N) is 1. The maximum Gasteiger partial charge on any atom is 0.222 e. The number of carbonyl (C=O) groups is 1. The van der Waals surface area contributed by atoms with Crippen molar-refractivity contribution in [1.82, 2.24) is 15.1 Å². The SMILES string of the molecule is CC(CN)(NC(=O)CCn1cccn1)C1CC1. The molecule has 1 amide bonds. The summed E-state index contributed by atoms with van der Waals surface area (Å²) in [6.07, 6.45) is 6.37. The van der Waals surface area contributed by atoms with Gasteiger partial charge in [0.05, 0.1) is 5.54 Å². The lowest BCUT2D eigenvalue weighted by Crippen LogP contribution is -2.53. The van der Waals surface area contributed by atoms with Gasteiger partial charge in [0.15, 0.2) is 0 Å². The molecule has 0 radical (unpaired) electrons. The van der Waals surface area contributed by atoms with Crippen LogP contribution in [0.3, 0.4) is 0 Å². The fourth-order valence-electron chi connectivity index (χ4n) is 2.07. The highest BCUT2D eigenvalue weighted by molar-refractivity contribution is 5.76. The van der Waals surface area contributed by atoms with E-state index in [-0.39, 0.29) is 11.4 Å². The molecule has 1 aliphatic rings. The number of hydrogen-bond donors (Lipinski definition) is 2. The van der Waals surface area contributed by atoms with Crippen molar-refractivity contribution in [3.63, 3.8) is 0 Å². The standard InChI is InChI=1S/C12H20N4O/c1-12(9-13,10-3-4-10)15-11(17)5-8-16-7-2-6-14-16/h2,6-7,10H,3-5,8-9,13H2,1H3,(H,15,17). The van der Waals surface area contributed by atoms with Gasteiger partial charge < -0.3 is 11.1 Å². The molecule has 0 spiro atoms. The highest BCUT2D eigenvalue weighted by Gasteiger charge is 2.41. The first-order valence-corrected chi connectivity index (χ1v) is 6.12. The van der Waals surface area contributed by atoms with Crippen LogP contribution in [0.4, 0.5) is 0 Å². The topological polar surface area (TPSA) is 72.9 Å². The molecular formula is C12H20N4O. The number of aromatic nitrogens is 2. The lowest BCUT2D eigenvalue weighted by molar-refractivity contribution is -0.123. The molecule has 3 N–H and O–H groups in total. The Morgan fingerprint density at radius 3 is 2.94 bits per heavy atom. The van der Waals surface area contributed by atoms with Gasteiger partial charge in [-0.2, -0.15) is 5.10 Å². The van der Waals surface area contributed by atoms with E-state index < -0.39 is 0 Å². The summed E-state index contributed by atoms with van der Waals surface area (Å²) in [6, 6.07) is 1.85. The third kappa shape index (κ3) is 3.06. The highest BCUT2D eigenvalue weighted by Crippen LogP contribution is 2.38. The number of rotatable bonds is 6. The van der Waals surface area contributed by atoms with Gasteiger partial charge in [0.2, 0.25) is 5.91 Å². The first-order chi connectivity index (χ1) is 8.14. The summed E-state index contributed by atoms with van der Waals surface area (Å²) < 4.78 is 1.76. The number of amides is 1. The molecule has 1 unspecified atom stereocenters. The van der Waals surface area contributed by atoms with E-state index in [1.807, 2.05) is 19.2 Å².